The van der Waals surface area contributed by atoms with Gasteiger partial charge in [0.15, 0.2) is 0 Å². The van der Waals surface area contributed by atoms with Gasteiger partial charge in [-0.1, -0.05) is 76.1 Å². The smallest absolute Gasteiger partial charge is 0.313 e. The van der Waals surface area contributed by atoms with Gasteiger partial charge in [0.2, 0.25) is 17.7 Å². The van der Waals surface area contributed by atoms with E-state index in [9.17, 15) is 24.3 Å². The molecule has 3 saturated heterocycles. The fourth-order valence-electron chi connectivity index (χ4n) is 8.11. The number of amides is 3. The van der Waals surface area contributed by atoms with E-state index in [1.807, 2.05) is 51.1 Å². The fourth-order valence-corrected chi connectivity index (χ4v) is 8.11. The fraction of sp³-hybridized carbons (Fsp3) is 0.632. The van der Waals surface area contributed by atoms with E-state index in [0.717, 1.165) is 12.8 Å². The average Bonchev–Trinajstić information content (AvgIpc) is 3.73. The Morgan fingerprint density at radius 2 is 1.88 bits per heavy atom. The quantitative estimate of drug-likeness (QED) is 0.172. The molecule has 0 aromatic heterocycles. The minimum Gasteiger partial charge on any atom is -0.455 e. The molecular formula is C38H55N3O7. The number of allylic oxidation sites excluding steroid dienone is 1. The monoisotopic (exact) mass is 665 g/mol. The molecule has 3 aliphatic heterocycles. The maximum Gasteiger partial charge on any atom is 0.313 e. The number of fused-ring (bicyclic) bond motifs is 1. The van der Waals surface area contributed by atoms with Gasteiger partial charge in [-0.25, -0.2) is 0 Å². The molecule has 1 aromatic carbocycles. The lowest BCUT2D eigenvalue weighted by Crippen LogP contribution is -2.60. The van der Waals surface area contributed by atoms with Gasteiger partial charge in [0, 0.05) is 19.0 Å². The first-order chi connectivity index (χ1) is 23.0. The predicted octanol–water partition coefficient (Wildman–Crippen LogP) is 4.73. The Hall–Kier alpha value is -3.50. The maximum atomic E-state index is 14.7. The van der Waals surface area contributed by atoms with Crippen molar-refractivity contribution < 1.29 is 33.8 Å². The van der Waals surface area contributed by atoms with Crippen molar-refractivity contribution in [1.29, 1.82) is 0 Å². The van der Waals surface area contributed by atoms with Crippen LogP contribution in [-0.2, 0) is 28.7 Å². The number of aliphatic hydroxyl groups excluding tert-OH is 1. The van der Waals surface area contributed by atoms with Crippen molar-refractivity contribution in [1.82, 2.24) is 15.1 Å². The van der Waals surface area contributed by atoms with Gasteiger partial charge in [-0.05, 0) is 51.0 Å². The van der Waals surface area contributed by atoms with E-state index in [-0.39, 0.29) is 42.7 Å². The summed E-state index contributed by atoms with van der Waals surface area (Å²) in [5.41, 5.74) is -0.530. The highest BCUT2D eigenvalue weighted by molar-refractivity contribution is 5.98. The summed E-state index contributed by atoms with van der Waals surface area (Å²) in [6.07, 6.45) is 5.96. The Morgan fingerprint density at radius 1 is 1.17 bits per heavy atom. The van der Waals surface area contributed by atoms with Crippen molar-refractivity contribution in [3.8, 4) is 0 Å². The molecule has 2 N–H and O–H groups in total. The largest absolute Gasteiger partial charge is 0.455 e. The number of rotatable bonds is 18. The minimum absolute atomic E-state index is 0.110. The van der Waals surface area contributed by atoms with E-state index in [4.69, 9.17) is 9.47 Å². The maximum absolute atomic E-state index is 14.7. The van der Waals surface area contributed by atoms with E-state index >= 15 is 0 Å². The van der Waals surface area contributed by atoms with E-state index < -0.39 is 53.7 Å². The number of nitrogens with one attached hydrogen (secondary N) is 1. The van der Waals surface area contributed by atoms with Crippen LogP contribution < -0.4 is 5.32 Å². The molecule has 0 aliphatic carbocycles. The topological polar surface area (TPSA) is 125 Å². The average molecular weight is 666 g/mol. The Bertz CT molecular complexity index is 1320. The van der Waals surface area contributed by atoms with Gasteiger partial charge in [0.1, 0.15) is 17.7 Å². The van der Waals surface area contributed by atoms with Gasteiger partial charge in [-0.3, -0.25) is 19.2 Å². The van der Waals surface area contributed by atoms with E-state index in [2.05, 4.69) is 25.4 Å². The molecule has 3 heterocycles. The number of benzene rings is 1. The molecule has 10 nitrogen and oxygen atoms in total. The number of hydrogen-bond acceptors (Lipinski definition) is 7. The second-order valence-corrected chi connectivity index (χ2v) is 13.8. The highest BCUT2D eigenvalue weighted by Gasteiger charge is 2.76. The molecule has 4 rings (SSSR count). The zero-order valence-corrected chi connectivity index (χ0v) is 29.3. The molecule has 3 amide bonds. The number of esters is 1. The minimum atomic E-state index is -1.23. The van der Waals surface area contributed by atoms with Gasteiger partial charge in [-0.15, -0.1) is 13.2 Å². The van der Waals surface area contributed by atoms with Gasteiger partial charge in [-0.2, -0.15) is 0 Å². The zero-order chi connectivity index (χ0) is 35.2. The first-order valence-corrected chi connectivity index (χ1v) is 17.7. The zero-order valence-electron chi connectivity index (χ0n) is 29.3. The molecule has 0 saturated carbocycles. The first-order valence-electron chi connectivity index (χ1n) is 17.7. The Kier molecular flexibility index (Phi) is 12.6. The molecule has 1 aromatic rings. The molecule has 2 bridgehead atoms. The van der Waals surface area contributed by atoms with Crippen molar-refractivity contribution in [2.24, 2.45) is 17.8 Å². The predicted molar refractivity (Wildman–Crippen MR) is 183 cm³/mol. The molecule has 1 unspecified atom stereocenters. The highest BCUT2D eigenvalue weighted by Crippen LogP contribution is 2.59. The number of likely N-dealkylation sites (tertiary alicyclic amines) is 1. The Labute approximate surface area is 285 Å². The summed E-state index contributed by atoms with van der Waals surface area (Å²) in [4.78, 5) is 59.7. The van der Waals surface area contributed by atoms with Gasteiger partial charge in [0.05, 0.1) is 36.6 Å². The number of aliphatic hydroxyl groups is 1. The van der Waals surface area contributed by atoms with Crippen molar-refractivity contribution in [2.45, 2.75) is 122 Å². The lowest BCUT2D eigenvalue weighted by Gasteiger charge is -2.42. The second-order valence-electron chi connectivity index (χ2n) is 13.8. The number of carbonyl (C=O) groups is 4. The van der Waals surface area contributed by atoms with Crippen LogP contribution in [0, 0.1) is 17.8 Å². The van der Waals surface area contributed by atoms with Crippen LogP contribution in [-0.4, -0.2) is 87.6 Å². The summed E-state index contributed by atoms with van der Waals surface area (Å²) in [6.45, 7) is 17.3. The normalized spacial score (nSPS) is 27.4. The molecule has 48 heavy (non-hydrogen) atoms. The Morgan fingerprint density at radius 3 is 2.48 bits per heavy atom. The summed E-state index contributed by atoms with van der Waals surface area (Å²) in [7, 11) is 0. The molecule has 3 fully saturated rings. The summed E-state index contributed by atoms with van der Waals surface area (Å²) in [5, 5.41) is 13.6. The van der Waals surface area contributed by atoms with Crippen molar-refractivity contribution >= 4 is 23.7 Å². The molecule has 0 radical (unpaired) electrons. The van der Waals surface area contributed by atoms with Crippen molar-refractivity contribution in [3.05, 3.63) is 61.2 Å². The molecule has 1 spiro atoms. The number of hydrogen-bond donors (Lipinski definition) is 2. The number of nitrogens with zero attached hydrogens (tertiary/aromatic N) is 2. The van der Waals surface area contributed by atoms with E-state index in [1.54, 1.807) is 28.9 Å². The molecule has 264 valence electrons. The summed E-state index contributed by atoms with van der Waals surface area (Å²) >= 11 is 0. The lowest BCUT2D eigenvalue weighted by atomic mass is 9.70. The van der Waals surface area contributed by atoms with Gasteiger partial charge >= 0.3 is 5.97 Å². The second kappa shape index (κ2) is 16.3. The van der Waals surface area contributed by atoms with Crippen LogP contribution in [0.25, 0.3) is 0 Å². The van der Waals surface area contributed by atoms with Gasteiger partial charge < -0.3 is 29.7 Å². The van der Waals surface area contributed by atoms with Gasteiger partial charge in [0.25, 0.3) is 0 Å². The van der Waals surface area contributed by atoms with E-state index in [0.29, 0.717) is 37.8 Å². The number of carbonyl (C=O) groups excluding carboxylic acids is 4. The third-order valence-corrected chi connectivity index (χ3v) is 10.7. The summed E-state index contributed by atoms with van der Waals surface area (Å²) < 4.78 is 12.9. The van der Waals surface area contributed by atoms with E-state index in [1.165, 1.54) is 0 Å². The van der Waals surface area contributed by atoms with Crippen LogP contribution in [0.15, 0.2) is 55.6 Å². The highest BCUT2D eigenvalue weighted by atomic mass is 16.6. The lowest BCUT2D eigenvalue weighted by molar-refractivity contribution is -0.163. The third-order valence-electron chi connectivity index (χ3n) is 10.7. The van der Waals surface area contributed by atoms with Crippen LogP contribution in [0.1, 0.15) is 91.2 Å². The Balaban J connectivity index is 1.73. The van der Waals surface area contributed by atoms with Crippen molar-refractivity contribution in [3.63, 3.8) is 0 Å². The van der Waals surface area contributed by atoms with Crippen LogP contribution in [0.5, 0.6) is 0 Å². The molecule has 10 atom stereocenters. The molecule has 3 aliphatic rings. The summed E-state index contributed by atoms with van der Waals surface area (Å²) in [6, 6.07) is 6.89. The van der Waals surface area contributed by atoms with Crippen LogP contribution in [0.4, 0.5) is 0 Å². The van der Waals surface area contributed by atoms with Crippen LogP contribution >= 0.6 is 0 Å². The molecular weight excluding hydrogens is 610 g/mol. The molecule has 10 heteroatoms. The first kappa shape index (κ1) is 37.3. The number of ether oxygens (including phenoxy) is 2. The SMILES string of the molecule is C=CCCC(=O)N[C@H](C)[C@@H](OC(=O)[C@@H]1[C@@H]2CC[C@]3(O2)[C@H](C(=O)N(CC=C)C(C)CCC)N([C@@H](CO)[C@@H](C)CC)C(=O)[C@@H]13)c1ccccc1. The standard InChI is InChI=1S/C38H55N3O7/c1-8-12-19-30(43)39-26(7)33(27-17-14-13-15-18-27)47-37(46)31-29-20-21-38(48-29)32(31)35(44)41(28(23-42)24(5)11-4)34(38)36(45)40(22-10-3)25(6)16-9-2/h8,10,13-15,17-18,24-26,28-29,31-34,42H,1,3,9,11-12,16,19-23H2,2,4-7H3,(H,39,43)/t24-,25?,26+,28-,29-,31+,32+,33+,34-,38+/m0/s1. The summed E-state index contributed by atoms with van der Waals surface area (Å²) in [5.74, 6) is -3.40. The van der Waals surface area contributed by atoms with Crippen LogP contribution in [0.2, 0.25) is 0 Å². The van der Waals surface area contributed by atoms with Crippen molar-refractivity contribution in [2.75, 3.05) is 13.2 Å². The van der Waals surface area contributed by atoms with Crippen LogP contribution in [0.3, 0.4) is 0 Å². The third kappa shape index (κ3) is 7.10.